The zero-order valence-electron chi connectivity index (χ0n) is 19.6. The van der Waals surface area contributed by atoms with E-state index in [0.717, 1.165) is 0 Å². The smallest absolute Gasteiger partial charge is 0.322 e. The largest absolute Gasteiger partial charge is 0.481 e. The molecule has 0 unspecified atom stereocenters. The Bertz CT molecular complexity index is 745. The summed E-state index contributed by atoms with van der Waals surface area (Å²) in [4.78, 5) is 71.3. The van der Waals surface area contributed by atoms with Gasteiger partial charge >= 0.3 is 11.9 Å². The van der Waals surface area contributed by atoms with Crippen LogP contribution in [0.4, 0.5) is 0 Å². The molecule has 0 bridgehead atoms. The minimum Gasteiger partial charge on any atom is -0.481 e. The fraction of sp³-hybridized carbons (Fsp3) is 0.700. The van der Waals surface area contributed by atoms with Crippen molar-refractivity contribution in [1.82, 2.24) is 21.3 Å². The molecule has 14 heteroatoms. The summed E-state index contributed by atoms with van der Waals surface area (Å²) < 4.78 is 0. The van der Waals surface area contributed by atoms with Gasteiger partial charge in [-0.25, -0.2) is 0 Å². The fourth-order valence-electron chi connectivity index (χ4n) is 2.78. The van der Waals surface area contributed by atoms with Gasteiger partial charge in [0, 0.05) is 0 Å². The van der Waals surface area contributed by atoms with Crippen molar-refractivity contribution < 1.29 is 39.0 Å². The van der Waals surface area contributed by atoms with Gasteiger partial charge < -0.3 is 42.9 Å². The van der Waals surface area contributed by atoms with Gasteiger partial charge in [-0.3, -0.25) is 28.8 Å². The molecule has 0 aliphatic carbocycles. The van der Waals surface area contributed by atoms with Crippen molar-refractivity contribution in [2.24, 2.45) is 17.4 Å². The van der Waals surface area contributed by atoms with Crippen LogP contribution < -0.4 is 32.7 Å². The summed E-state index contributed by atoms with van der Waals surface area (Å²) in [5.41, 5.74) is 11.3. The van der Waals surface area contributed by atoms with E-state index in [1.54, 1.807) is 13.8 Å². The van der Waals surface area contributed by atoms with Gasteiger partial charge in [-0.1, -0.05) is 20.3 Å². The Morgan fingerprint density at radius 1 is 0.794 bits per heavy atom. The first-order chi connectivity index (χ1) is 15.8. The second-order valence-electron chi connectivity index (χ2n) is 8.12. The molecule has 14 nitrogen and oxygen atoms in total. The lowest BCUT2D eigenvalue weighted by atomic mass is 10.0. The van der Waals surface area contributed by atoms with Crippen LogP contribution in [-0.4, -0.2) is 83.0 Å². The van der Waals surface area contributed by atoms with Crippen molar-refractivity contribution in [1.29, 1.82) is 0 Å². The average Bonchev–Trinajstić information content (AvgIpc) is 2.74. The van der Waals surface area contributed by atoms with Gasteiger partial charge in [0.25, 0.3) is 0 Å². The zero-order valence-corrected chi connectivity index (χ0v) is 19.6. The number of carboxylic acid groups (broad SMARTS) is 2. The van der Waals surface area contributed by atoms with Crippen LogP contribution >= 0.6 is 0 Å². The van der Waals surface area contributed by atoms with Crippen LogP contribution in [0.3, 0.4) is 0 Å². The Hall–Kier alpha value is -3.26. The van der Waals surface area contributed by atoms with Crippen molar-refractivity contribution in [3.63, 3.8) is 0 Å². The molecular weight excluding hydrogens is 452 g/mol. The van der Waals surface area contributed by atoms with Crippen LogP contribution in [0.25, 0.3) is 0 Å². The summed E-state index contributed by atoms with van der Waals surface area (Å²) in [6, 6.07) is -4.74. The number of unbranched alkanes of at least 4 members (excludes halogenated alkanes) is 1. The number of nitrogens with two attached hydrogens (primary N) is 2. The molecule has 194 valence electrons. The maximum atomic E-state index is 12.8. The molecule has 0 aromatic heterocycles. The van der Waals surface area contributed by atoms with Gasteiger partial charge in [-0.15, -0.1) is 0 Å². The molecule has 0 fully saturated rings. The Labute approximate surface area is 197 Å². The SMILES string of the molecule is CC(C)[C@H](NC(=O)[C@@H](N)CCCCN)C(=O)N[C@@H](CC(=O)O)C(=O)N[C@@H](C)C(=O)NCC(=O)O. The predicted octanol–water partition coefficient (Wildman–Crippen LogP) is -2.75. The monoisotopic (exact) mass is 488 g/mol. The van der Waals surface area contributed by atoms with Crippen molar-refractivity contribution in [3.8, 4) is 0 Å². The van der Waals surface area contributed by atoms with E-state index in [-0.39, 0.29) is 0 Å². The topological polar surface area (TPSA) is 243 Å². The first-order valence-electron chi connectivity index (χ1n) is 10.9. The molecule has 0 radical (unpaired) electrons. The van der Waals surface area contributed by atoms with Crippen LogP contribution in [0, 0.1) is 5.92 Å². The second-order valence-corrected chi connectivity index (χ2v) is 8.12. The number of carbonyl (C=O) groups is 6. The Balaban J connectivity index is 5.24. The number of hydrogen-bond acceptors (Lipinski definition) is 8. The molecule has 0 aromatic carbocycles. The molecule has 4 amide bonds. The van der Waals surface area contributed by atoms with Gasteiger partial charge in [0.15, 0.2) is 0 Å². The number of carboxylic acids is 2. The molecule has 0 saturated carbocycles. The van der Waals surface area contributed by atoms with E-state index in [4.69, 9.17) is 21.7 Å². The highest BCUT2D eigenvalue weighted by Crippen LogP contribution is 2.06. The number of amides is 4. The number of nitrogens with one attached hydrogen (secondary N) is 4. The van der Waals surface area contributed by atoms with Crippen molar-refractivity contribution >= 4 is 35.6 Å². The summed E-state index contributed by atoms with van der Waals surface area (Å²) in [7, 11) is 0. The summed E-state index contributed by atoms with van der Waals surface area (Å²) in [5.74, 6) is -6.27. The molecule has 0 aliphatic rings. The third-order valence-corrected chi connectivity index (χ3v) is 4.73. The van der Waals surface area contributed by atoms with Gasteiger partial charge in [-0.2, -0.15) is 0 Å². The minimum absolute atomic E-state index is 0.362. The van der Waals surface area contributed by atoms with Gasteiger partial charge in [-0.05, 0) is 32.2 Å². The molecule has 0 saturated heterocycles. The highest BCUT2D eigenvalue weighted by Gasteiger charge is 2.32. The highest BCUT2D eigenvalue weighted by atomic mass is 16.4. The fourth-order valence-corrected chi connectivity index (χ4v) is 2.78. The molecule has 10 N–H and O–H groups in total. The summed E-state index contributed by atoms with van der Waals surface area (Å²) in [6.45, 7) is 4.34. The van der Waals surface area contributed by atoms with E-state index in [9.17, 15) is 28.8 Å². The third-order valence-electron chi connectivity index (χ3n) is 4.73. The summed E-state index contributed by atoms with van der Waals surface area (Å²) >= 11 is 0. The lowest BCUT2D eigenvalue weighted by Crippen LogP contribution is -2.59. The van der Waals surface area contributed by atoms with E-state index >= 15 is 0 Å². The minimum atomic E-state index is -1.56. The number of aliphatic carboxylic acids is 2. The number of hydrogen-bond donors (Lipinski definition) is 8. The predicted molar refractivity (Wildman–Crippen MR) is 120 cm³/mol. The Kier molecular flexibility index (Phi) is 14.1. The lowest BCUT2D eigenvalue weighted by molar-refractivity contribution is -0.142. The molecule has 0 spiro atoms. The van der Waals surface area contributed by atoms with Crippen molar-refractivity contribution in [3.05, 3.63) is 0 Å². The normalized spacial score (nSPS) is 14.3. The standard InChI is InChI=1S/C20H36N6O8/c1-10(2)16(26-18(32)12(22)6-4-5-7-21)20(34)25-13(8-14(27)28)19(33)24-11(3)17(31)23-9-15(29)30/h10-13,16H,4-9,21-22H2,1-3H3,(H,23,31)(H,24,33)(H,25,34)(H,26,32)(H,27,28)(H,29,30)/t11-,12-,13-,16-/m0/s1. The summed E-state index contributed by atoms with van der Waals surface area (Å²) in [6.07, 6.45) is 0.885. The maximum absolute atomic E-state index is 12.8. The van der Waals surface area contributed by atoms with E-state index in [0.29, 0.717) is 25.8 Å². The van der Waals surface area contributed by atoms with Gasteiger partial charge in [0.1, 0.15) is 24.7 Å². The molecular formula is C20H36N6O8. The molecule has 0 aliphatic heterocycles. The number of carbonyl (C=O) groups excluding carboxylic acids is 4. The van der Waals surface area contributed by atoms with E-state index in [2.05, 4.69) is 21.3 Å². The first kappa shape index (κ1) is 30.7. The molecule has 0 aromatic rings. The Morgan fingerprint density at radius 3 is 1.91 bits per heavy atom. The van der Waals surface area contributed by atoms with E-state index in [1.807, 2.05) is 0 Å². The molecule has 34 heavy (non-hydrogen) atoms. The van der Waals surface area contributed by atoms with Crippen LogP contribution in [0.15, 0.2) is 0 Å². The van der Waals surface area contributed by atoms with Crippen LogP contribution in [0.2, 0.25) is 0 Å². The zero-order chi connectivity index (χ0) is 26.4. The average molecular weight is 489 g/mol. The lowest BCUT2D eigenvalue weighted by Gasteiger charge is -2.26. The molecule has 0 rings (SSSR count). The van der Waals surface area contributed by atoms with Crippen LogP contribution in [0.1, 0.15) is 46.5 Å². The van der Waals surface area contributed by atoms with Crippen molar-refractivity contribution in [2.45, 2.75) is 70.6 Å². The molecule has 0 heterocycles. The van der Waals surface area contributed by atoms with Gasteiger partial charge in [0.05, 0.1) is 12.5 Å². The quantitative estimate of drug-likeness (QED) is 0.104. The maximum Gasteiger partial charge on any atom is 0.322 e. The van der Waals surface area contributed by atoms with Crippen molar-refractivity contribution in [2.75, 3.05) is 13.1 Å². The Morgan fingerprint density at radius 2 is 1.41 bits per heavy atom. The second kappa shape index (κ2) is 15.6. The third kappa shape index (κ3) is 12.1. The van der Waals surface area contributed by atoms with Gasteiger partial charge in [0.2, 0.25) is 23.6 Å². The highest BCUT2D eigenvalue weighted by molar-refractivity contribution is 5.96. The molecule has 4 atom stereocenters. The number of rotatable bonds is 16. The van der Waals surface area contributed by atoms with E-state index in [1.165, 1.54) is 6.92 Å². The van der Waals surface area contributed by atoms with Crippen LogP contribution in [0.5, 0.6) is 0 Å². The van der Waals surface area contributed by atoms with E-state index < -0.39 is 78.6 Å². The summed E-state index contributed by atoms with van der Waals surface area (Å²) in [5, 5.41) is 26.8. The van der Waals surface area contributed by atoms with Crippen LogP contribution in [-0.2, 0) is 28.8 Å². The first-order valence-corrected chi connectivity index (χ1v) is 10.9.